The van der Waals surface area contributed by atoms with Gasteiger partial charge in [-0.1, -0.05) is 20.3 Å². The molecule has 21 heavy (non-hydrogen) atoms. The zero-order valence-corrected chi connectivity index (χ0v) is 12.8. The van der Waals surface area contributed by atoms with Gasteiger partial charge in [0.05, 0.1) is 0 Å². The van der Waals surface area contributed by atoms with E-state index < -0.39 is 0 Å². The fourth-order valence-electron chi connectivity index (χ4n) is 1.98. The molecule has 2 aromatic heterocycles. The summed E-state index contributed by atoms with van der Waals surface area (Å²) >= 11 is 0. The zero-order chi connectivity index (χ0) is 15.2. The fraction of sp³-hybridized carbons (Fsp3) is 0.615. The normalized spacial score (nSPS) is 12.3. The van der Waals surface area contributed by atoms with Crippen molar-refractivity contribution in [3.63, 3.8) is 0 Å². The third-order valence-electron chi connectivity index (χ3n) is 3.39. The van der Waals surface area contributed by atoms with Gasteiger partial charge in [-0.3, -0.25) is 0 Å². The summed E-state index contributed by atoms with van der Waals surface area (Å²) < 4.78 is 1.48. The molecule has 114 valence electrons. The van der Waals surface area contributed by atoms with Crippen LogP contribution in [0.15, 0.2) is 12.7 Å². The largest absolute Gasteiger partial charge is 0.368 e. The summed E-state index contributed by atoms with van der Waals surface area (Å²) in [5, 5.41) is 4.03. The number of rotatable bonds is 7. The minimum atomic E-state index is 0.190. The number of unbranched alkanes of at least 4 members (excludes halogenated alkanes) is 1. The van der Waals surface area contributed by atoms with Crippen LogP contribution in [0.1, 0.15) is 40.0 Å². The number of hydrogen-bond acceptors (Lipinski definition) is 7. The highest BCUT2D eigenvalue weighted by Crippen LogP contribution is 2.16. The molecule has 0 radical (unpaired) electrons. The Morgan fingerprint density at radius 1 is 1.29 bits per heavy atom. The summed E-state index contributed by atoms with van der Waals surface area (Å²) in [4.78, 5) is 19.0. The van der Waals surface area contributed by atoms with Crippen molar-refractivity contribution in [3.05, 3.63) is 12.7 Å². The van der Waals surface area contributed by atoms with E-state index in [1.807, 2.05) is 0 Å². The highest BCUT2D eigenvalue weighted by molar-refractivity contribution is 5.38. The van der Waals surface area contributed by atoms with E-state index in [1.165, 1.54) is 17.3 Å². The number of nitrogens with two attached hydrogens (primary N) is 1. The van der Waals surface area contributed by atoms with E-state index in [2.05, 4.69) is 50.7 Å². The second-order valence-electron chi connectivity index (χ2n) is 4.94. The first-order chi connectivity index (χ1) is 10.2. The predicted octanol–water partition coefficient (Wildman–Crippen LogP) is 1.44. The Kier molecular flexibility index (Phi) is 5.02. The number of nitrogen functional groups attached to an aromatic ring is 1. The van der Waals surface area contributed by atoms with Gasteiger partial charge < -0.3 is 10.6 Å². The molecule has 8 nitrogen and oxygen atoms in total. The van der Waals surface area contributed by atoms with Crippen LogP contribution in [0.3, 0.4) is 0 Å². The maximum Gasteiger partial charge on any atom is 0.258 e. The quantitative estimate of drug-likeness (QED) is 0.823. The lowest BCUT2D eigenvalue weighted by atomic mass is 10.2. The second kappa shape index (κ2) is 6.96. The van der Waals surface area contributed by atoms with E-state index in [4.69, 9.17) is 5.73 Å². The molecule has 0 saturated heterocycles. The Hall–Kier alpha value is -2.25. The molecular weight excluding hydrogens is 268 g/mol. The first-order valence-corrected chi connectivity index (χ1v) is 7.28. The van der Waals surface area contributed by atoms with Crippen molar-refractivity contribution in [1.82, 2.24) is 29.7 Å². The van der Waals surface area contributed by atoms with Gasteiger partial charge >= 0.3 is 0 Å². The van der Waals surface area contributed by atoms with E-state index >= 15 is 0 Å². The van der Waals surface area contributed by atoms with Crippen molar-refractivity contribution < 1.29 is 0 Å². The topological polar surface area (TPSA) is 98.6 Å². The zero-order valence-electron chi connectivity index (χ0n) is 12.8. The van der Waals surface area contributed by atoms with Gasteiger partial charge in [-0.15, -0.1) is 0 Å². The molecule has 1 unspecified atom stereocenters. The number of nitrogens with zero attached hydrogens (tertiary/aromatic N) is 7. The number of aromatic nitrogens is 6. The second-order valence-corrected chi connectivity index (χ2v) is 4.94. The van der Waals surface area contributed by atoms with Gasteiger partial charge in [-0.05, 0) is 19.8 Å². The summed E-state index contributed by atoms with van der Waals surface area (Å²) in [6.45, 7) is 7.36. The number of hydrogen-bond donors (Lipinski definition) is 1. The van der Waals surface area contributed by atoms with Crippen LogP contribution in [-0.2, 0) is 0 Å². The summed E-state index contributed by atoms with van der Waals surface area (Å²) in [6, 6.07) is 0.335. The van der Waals surface area contributed by atoms with Gasteiger partial charge in [-0.2, -0.15) is 24.7 Å². The summed E-state index contributed by atoms with van der Waals surface area (Å²) in [7, 11) is 0. The Morgan fingerprint density at radius 2 is 2.10 bits per heavy atom. The Balaban J connectivity index is 2.35. The first-order valence-electron chi connectivity index (χ1n) is 7.28. The lowest BCUT2D eigenvalue weighted by molar-refractivity contribution is 0.580. The van der Waals surface area contributed by atoms with Gasteiger partial charge in [-0.25, -0.2) is 4.98 Å². The minimum Gasteiger partial charge on any atom is -0.368 e. The average molecular weight is 290 g/mol. The molecule has 0 aliphatic rings. The predicted molar refractivity (Wildman–Crippen MR) is 81.2 cm³/mol. The van der Waals surface area contributed by atoms with Crippen molar-refractivity contribution in [2.45, 2.75) is 46.1 Å². The fourth-order valence-corrected chi connectivity index (χ4v) is 1.98. The molecule has 2 rings (SSSR count). The molecule has 2 aromatic rings. The maximum absolute atomic E-state index is 5.82. The van der Waals surface area contributed by atoms with Crippen molar-refractivity contribution in [3.8, 4) is 5.95 Å². The van der Waals surface area contributed by atoms with Crippen LogP contribution in [0.5, 0.6) is 0 Å². The molecule has 0 bridgehead atoms. The smallest absolute Gasteiger partial charge is 0.258 e. The average Bonchev–Trinajstić information content (AvgIpc) is 3.01. The van der Waals surface area contributed by atoms with Gasteiger partial charge in [0.1, 0.15) is 12.7 Å². The van der Waals surface area contributed by atoms with Crippen LogP contribution in [0, 0.1) is 0 Å². The maximum atomic E-state index is 5.82. The number of anilines is 2. The van der Waals surface area contributed by atoms with Crippen LogP contribution in [0.2, 0.25) is 0 Å². The van der Waals surface area contributed by atoms with E-state index in [1.54, 1.807) is 0 Å². The highest BCUT2D eigenvalue weighted by Gasteiger charge is 2.18. The standard InChI is InChI=1S/C13H22N8/c1-4-6-7-20(10(3)5-2)12-17-11(14)18-13(19-12)21-9-15-8-16-21/h8-10H,4-7H2,1-3H3,(H2,14,17,18,19). The van der Waals surface area contributed by atoms with E-state index in [-0.39, 0.29) is 5.95 Å². The van der Waals surface area contributed by atoms with Crippen LogP contribution < -0.4 is 10.6 Å². The Morgan fingerprint density at radius 3 is 2.71 bits per heavy atom. The van der Waals surface area contributed by atoms with E-state index in [0.717, 1.165) is 25.8 Å². The summed E-state index contributed by atoms with van der Waals surface area (Å²) in [6.07, 6.45) is 6.17. The van der Waals surface area contributed by atoms with E-state index in [9.17, 15) is 0 Å². The molecule has 0 amide bonds. The third-order valence-corrected chi connectivity index (χ3v) is 3.39. The Labute approximate surface area is 124 Å². The highest BCUT2D eigenvalue weighted by atomic mass is 15.4. The summed E-state index contributed by atoms with van der Waals surface area (Å²) in [5.74, 6) is 1.17. The molecule has 0 aliphatic heterocycles. The molecule has 8 heteroatoms. The SMILES string of the molecule is CCCCN(c1nc(N)nc(-n2cncn2)n1)C(C)CC. The molecule has 1 atom stereocenters. The van der Waals surface area contributed by atoms with E-state index in [0.29, 0.717) is 17.9 Å². The van der Waals surface area contributed by atoms with Crippen LogP contribution in [0.4, 0.5) is 11.9 Å². The molecule has 0 saturated carbocycles. The molecule has 0 spiro atoms. The molecule has 2 N–H and O–H groups in total. The monoisotopic (exact) mass is 290 g/mol. The van der Waals surface area contributed by atoms with Crippen LogP contribution in [0.25, 0.3) is 5.95 Å². The van der Waals surface area contributed by atoms with Crippen LogP contribution >= 0.6 is 0 Å². The lowest BCUT2D eigenvalue weighted by Gasteiger charge is -2.28. The van der Waals surface area contributed by atoms with Crippen molar-refractivity contribution in [2.75, 3.05) is 17.2 Å². The third kappa shape index (κ3) is 3.65. The molecule has 0 aliphatic carbocycles. The molecule has 2 heterocycles. The van der Waals surface area contributed by atoms with Gasteiger partial charge in [0.25, 0.3) is 5.95 Å². The van der Waals surface area contributed by atoms with Crippen molar-refractivity contribution in [2.24, 2.45) is 0 Å². The van der Waals surface area contributed by atoms with Gasteiger partial charge in [0, 0.05) is 12.6 Å². The molecule has 0 aromatic carbocycles. The lowest BCUT2D eigenvalue weighted by Crippen LogP contribution is -2.35. The molecule has 0 fully saturated rings. The van der Waals surface area contributed by atoms with Crippen molar-refractivity contribution in [1.29, 1.82) is 0 Å². The Bertz CT molecular complexity index is 553. The molecular formula is C13H22N8. The van der Waals surface area contributed by atoms with Crippen molar-refractivity contribution >= 4 is 11.9 Å². The minimum absolute atomic E-state index is 0.190. The van der Waals surface area contributed by atoms with Crippen LogP contribution in [-0.4, -0.2) is 42.3 Å². The van der Waals surface area contributed by atoms with Gasteiger partial charge in [0.15, 0.2) is 0 Å². The summed E-state index contributed by atoms with van der Waals surface area (Å²) in [5.41, 5.74) is 5.82. The van der Waals surface area contributed by atoms with Gasteiger partial charge in [0.2, 0.25) is 11.9 Å². The first kappa shape index (κ1) is 15.1.